The van der Waals surface area contributed by atoms with Gasteiger partial charge in [-0.2, -0.15) is 0 Å². The largest absolute Gasteiger partial charge is 0.381 e. The molecule has 25 heavy (non-hydrogen) atoms. The van der Waals surface area contributed by atoms with Crippen molar-refractivity contribution >= 4 is 17.3 Å². The van der Waals surface area contributed by atoms with Crippen LogP contribution in [0.2, 0.25) is 0 Å². The molecule has 5 nitrogen and oxygen atoms in total. The number of carbonyl (C=O) groups is 1. The number of rotatable bonds is 7. The van der Waals surface area contributed by atoms with E-state index in [2.05, 4.69) is 22.0 Å². The molecule has 0 saturated heterocycles. The van der Waals surface area contributed by atoms with Gasteiger partial charge in [-0.1, -0.05) is 32.1 Å². The zero-order valence-electron chi connectivity index (χ0n) is 15.2. The summed E-state index contributed by atoms with van der Waals surface area (Å²) in [5, 5.41) is 10.3. The number of nitrogens with one attached hydrogen (secondary N) is 3. The van der Waals surface area contributed by atoms with E-state index in [-0.39, 0.29) is 5.91 Å². The van der Waals surface area contributed by atoms with Crippen molar-refractivity contribution in [3.05, 3.63) is 23.8 Å². The van der Waals surface area contributed by atoms with Gasteiger partial charge in [0.25, 0.3) is 5.91 Å². The van der Waals surface area contributed by atoms with Crippen LogP contribution in [0.1, 0.15) is 68.1 Å². The molecule has 0 heterocycles. The van der Waals surface area contributed by atoms with E-state index in [1.165, 1.54) is 57.8 Å². The lowest BCUT2D eigenvalue weighted by atomic mass is 9.95. The Morgan fingerprint density at radius 3 is 2.16 bits per heavy atom. The van der Waals surface area contributed by atoms with E-state index in [9.17, 15) is 4.79 Å². The van der Waals surface area contributed by atoms with Crippen molar-refractivity contribution in [2.24, 2.45) is 5.73 Å². The van der Waals surface area contributed by atoms with Crippen molar-refractivity contribution in [2.45, 2.75) is 69.9 Å². The molecule has 1 aromatic carbocycles. The Kier molecular flexibility index (Phi) is 6.56. The van der Waals surface area contributed by atoms with E-state index >= 15 is 0 Å². The lowest BCUT2D eigenvalue weighted by Crippen LogP contribution is -2.29. The van der Waals surface area contributed by atoms with Crippen molar-refractivity contribution in [2.75, 3.05) is 23.7 Å². The first kappa shape index (κ1) is 18.1. The monoisotopic (exact) mass is 344 g/mol. The van der Waals surface area contributed by atoms with Gasteiger partial charge >= 0.3 is 0 Å². The van der Waals surface area contributed by atoms with Crippen molar-refractivity contribution < 1.29 is 4.79 Å². The summed E-state index contributed by atoms with van der Waals surface area (Å²) in [5.41, 5.74) is 8.38. The highest BCUT2D eigenvalue weighted by Crippen LogP contribution is 2.31. The summed E-state index contributed by atoms with van der Waals surface area (Å²) < 4.78 is 0. The Hall–Kier alpha value is -1.75. The number of hydrogen-bond donors (Lipinski definition) is 4. The Balaban J connectivity index is 1.75. The third kappa shape index (κ3) is 5.11. The van der Waals surface area contributed by atoms with Gasteiger partial charge in [0.15, 0.2) is 0 Å². The van der Waals surface area contributed by atoms with Crippen molar-refractivity contribution in [1.29, 1.82) is 0 Å². The number of nitrogens with two attached hydrogens (primary N) is 1. The van der Waals surface area contributed by atoms with Gasteiger partial charge in [-0.25, -0.2) is 0 Å². The molecule has 0 bridgehead atoms. The third-order valence-electron chi connectivity index (χ3n) is 5.39. The minimum Gasteiger partial charge on any atom is -0.381 e. The molecule has 2 saturated carbocycles. The highest BCUT2D eigenvalue weighted by atomic mass is 16.1. The first-order valence-corrected chi connectivity index (χ1v) is 9.91. The van der Waals surface area contributed by atoms with E-state index in [1.54, 1.807) is 0 Å². The third-order valence-corrected chi connectivity index (χ3v) is 5.39. The van der Waals surface area contributed by atoms with E-state index in [4.69, 9.17) is 5.73 Å². The van der Waals surface area contributed by atoms with Crippen LogP contribution < -0.4 is 21.7 Å². The SMILES string of the molecule is NCCNC(=O)c1ccc(NC2CCCCC2)c(NC2CCCC2)c1. The smallest absolute Gasteiger partial charge is 0.251 e. The van der Waals surface area contributed by atoms with E-state index in [0.29, 0.717) is 30.7 Å². The summed E-state index contributed by atoms with van der Waals surface area (Å²) in [6.07, 6.45) is 11.5. The molecule has 0 spiro atoms. The Morgan fingerprint density at radius 1 is 0.920 bits per heavy atom. The fourth-order valence-corrected chi connectivity index (χ4v) is 3.98. The predicted octanol–water partition coefficient (Wildman–Crippen LogP) is 3.47. The first-order valence-electron chi connectivity index (χ1n) is 9.91. The summed E-state index contributed by atoms with van der Waals surface area (Å²) in [6, 6.07) is 7.04. The standard InChI is InChI=1S/C20H32N4O/c21-12-13-22-20(25)15-10-11-18(23-16-6-2-1-3-7-16)19(14-15)24-17-8-4-5-9-17/h10-11,14,16-17,23-24H,1-9,12-13,21H2,(H,22,25). The molecule has 2 aliphatic rings. The van der Waals surface area contributed by atoms with Gasteiger partial charge in [-0.05, 0) is 43.9 Å². The van der Waals surface area contributed by atoms with Crippen LogP contribution in [0.4, 0.5) is 11.4 Å². The lowest BCUT2D eigenvalue weighted by Gasteiger charge is -2.26. The molecule has 0 atom stereocenters. The quantitative estimate of drug-likeness (QED) is 0.611. The zero-order valence-corrected chi connectivity index (χ0v) is 15.2. The maximum Gasteiger partial charge on any atom is 0.251 e. The minimum atomic E-state index is -0.0517. The van der Waals surface area contributed by atoms with Crippen molar-refractivity contribution in [3.63, 3.8) is 0 Å². The number of anilines is 2. The van der Waals surface area contributed by atoms with Crippen LogP contribution >= 0.6 is 0 Å². The highest BCUT2D eigenvalue weighted by molar-refractivity contribution is 5.96. The van der Waals surface area contributed by atoms with Gasteiger partial charge in [0.05, 0.1) is 11.4 Å². The molecule has 0 unspecified atom stereocenters. The molecular weight excluding hydrogens is 312 g/mol. The molecule has 1 amide bonds. The van der Waals surface area contributed by atoms with E-state index in [0.717, 1.165) is 11.4 Å². The molecule has 2 aliphatic carbocycles. The molecule has 0 aliphatic heterocycles. The zero-order chi connectivity index (χ0) is 17.5. The first-order chi connectivity index (χ1) is 12.3. The summed E-state index contributed by atoms with van der Waals surface area (Å²) in [7, 11) is 0. The van der Waals surface area contributed by atoms with Gasteiger partial charge in [0.1, 0.15) is 0 Å². The van der Waals surface area contributed by atoms with E-state index in [1.807, 2.05) is 12.1 Å². The van der Waals surface area contributed by atoms with Gasteiger partial charge < -0.3 is 21.7 Å². The number of amides is 1. The molecule has 0 radical (unpaired) electrons. The number of benzene rings is 1. The fraction of sp³-hybridized carbons (Fsp3) is 0.650. The molecule has 138 valence electrons. The maximum absolute atomic E-state index is 12.3. The lowest BCUT2D eigenvalue weighted by molar-refractivity contribution is 0.0955. The van der Waals surface area contributed by atoms with Gasteiger partial charge in [-0.3, -0.25) is 4.79 Å². The molecular formula is C20H32N4O. The fourth-order valence-electron chi connectivity index (χ4n) is 3.98. The second-order valence-electron chi connectivity index (χ2n) is 7.41. The predicted molar refractivity (Wildman–Crippen MR) is 104 cm³/mol. The van der Waals surface area contributed by atoms with Gasteiger partial charge in [0, 0.05) is 30.7 Å². The second-order valence-corrected chi connectivity index (χ2v) is 7.41. The molecule has 1 aromatic rings. The van der Waals surface area contributed by atoms with Crippen LogP contribution in [0.3, 0.4) is 0 Å². The average molecular weight is 345 g/mol. The average Bonchev–Trinajstić information content (AvgIpc) is 3.15. The molecule has 5 heteroatoms. The van der Waals surface area contributed by atoms with Crippen LogP contribution in [-0.4, -0.2) is 31.1 Å². The normalized spacial score (nSPS) is 18.9. The topological polar surface area (TPSA) is 79.2 Å². The van der Waals surface area contributed by atoms with Crippen LogP contribution in [0.5, 0.6) is 0 Å². The van der Waals surface area contributed by atoms with Crippen LogP contribution in [0.25, 0.3) is 0 Å². The summed E-state index contributed by atoms with van der Waals surface area (Å²) in [6.45, 7) is 0.965. The Labute approximate surface area is 151 Å². The van der Waals surface area contributed by atoms with Crippen molar-refractivity contribution in [1.82, 2.24) is 5.32 Å². The molecule has 2 fully saturated rings. The number of carbonyl (C=O) groups excluding carboxylic acids is 1. The van der Waals surface area contributed by atoms with Crippen LogP contribution in [0, 0.1) is 0 Å². The molecule has 5 N–H and O–H groups in total. The Morgan fingerprint density at radius 2 is 1.52 bits per heavy atom. The highest BCUT2D eigenvalue weighted by Gasteiger charge is 2.19. The van der Waals surface area contributed by atoms with Crippen LogP contribution in [0.15, 0.2) is 18.2 Å². The summed E-state index contributed by atoms with van der Waals surface area (Å²) >= 11 is 0. The summed E-state index contributed by atoms with van der Waals surface area (Å²) in [5.74, 6) is -0.0517. The van der Waals surface area contributed by atoms with E-state index < -0.39 is 0 Å². The van der Waals surface area contributed by atoms with Gasteiger partial charge in [-0.15, -0.1) is 0 Å². The van der Waals surface area contributed by atoms with Crippen molar-refractivity contribution in [3.8, 4) is 0 Å². The second kappa shape index (κ2) is 9.09. The summed E-state index contributed by atoms with van der Waals surface area (Å²) in [4.78, 5) is 12.3. The molecule has 0 aromatic heterocycles. The van der Waals surface area contributed by atoms with Crippen LogP contribution in [-0.2, 0) is 0 Å². The minimum absolute atomic E-state index is 0.0517. The van der Waals surface area contributed by atoms with Gasteiger partial charge in [0.2, 0.25) is 0 Å². The number of hydrogen-bond acceptors (Lipinski definition) is 4. The molecule has 3 rings (SSSR count). The maximum atomic E-state index is 12.3. The Bertz CT molecular complexity index is 563.